The molecule has 12 heteroatoms. The molecule has 0 heterocycles. The van der Waals surface area contributed by atoms with Crippen LogP contribution in [0.4, 0.5) is 0 Å². The fraction of sp³-hybridized carbons (Fsp3) is 0.800. The maximum atomic E-state index is 11.9. The van der Waals surface area contributed by atoms with Crippen LogP contribution >= 0.6 is 0 Å². The maximum Gasteiger partial charge on any atom is 0.323 e. The summed E-state index contributed by atoms with van der Waals surface area (Å²) in [6.45, 7) is 7.79. The highest BCUT2D eigenvalue weighted by molar-refractivity contribution is 5.83. The number of carbonyl (C=O) groups excluding carboxylic acids is 4. The van der Waals surface area contributed by atoms with E-state index in [1.807, 2.05) is 0 Å². The average molecular weight is 465 g/mol. The van der Waals surface area contributed by atoms with Crippen molar-refractivity contribution in [2.45, 2.75) is 52.6 Å². The predicted molar refractivity (Wildman–Crippen MR) is 111 cm³/mol. The lowest BCUT2D eigenvalue weighted by molar-refractivity contribution is -0.153. The van der Waals surface area contributed by atoms with Gasteiger partial charge >= 0.3 is 23.9 Å². The molecule has 0 aromatic carbocycles. The van der Waals surface area contributed by atoms with E-state index in [0.717, 1.165) is 0 Å². The minimum absolute atomic E-state index is 0.0199. The minimum Gasteiger partial charge on any atom is -0.466 e. The summed E-state index contributed by atoms with van der Waals surface area (Å²) in [5, 5.41) is 5.57. The Morgan fingerprint density at radius 1 is 0.594 bits per heavy atom. The molecule has 0 saturated carbocycles. The lowest BCUT2D eigenvalue weighted by Crippen LogP contribution is -2.42. The van der Waals surface area contributed by atoms with Gasteiger partial charge in [0.15, 0.2) is 0 Å². The number of nitrogens with one attached hydrogen (secondary N) is 2. The second kappa shape index (κ2) is 19.4. The molecular formula is C20H36N2O10. The topological polar surface area (TPSA) is 148 Å². The number of hydrogen-bond donors (Lipinski definition) is 2. The molecule has 0 aliphatic heterocycles. The molecule has 0 aromatic heterocycles. The normalized spacial score (nSPS) is 12.5. The molecule has 2 N–H and O–H groups in total. The highest BCUT2D eigenvalue weighted by Crippen LogP contribution is 2.00. The monoisotopic (exact) mass is 464 g/mol. The van der Waals surface area contributed by atoms with Crippen LogP contribution in [-0.2, 0) is 47.6 Å². The van der Waals surface area contributed by atoms with E-state index in [1.54, 1.807) is 27.7 Å². The Morgan fingerprint density at radius 3 is 1.25 bits per heavy atom. The van der Waals surface area contributed by atoms with Gasteiger partial charge in [0.05, 0.1) is 65.9 Å². The Hall–Kier alpha value is -2.28. The van der Waals surface area contributed by atoms with Gasteiger partial charge in [-0.25, -0.2) is 0 Å². The van der Waals surface area contributed by atoms with E-state index < -0.39 is 36.0 Å². The van der Waals surface area contributed by atoms with Gasteiger partial charge < -0.3 is 28.4 Å². The zero-order valence-electron chi connectivity index (χ0n) is 19.3. The van der Waals surface area contributed by atoms with Crippen molar-refractivity contribution in [1.82, 2.24) is 10.6 Å². The van der Waals surface area contributed by atoms with Crippen LogP contribution in [0.25, 0.3) is 0 Å². The predicted octanol–water partition coefficient (Wildman–Crippen LogP) is -0.116. The third kappa shape index (κ3) is 14.7. The van der Waals surface area contributed by atoms with Crippen molar-refractivity contribution in [3.8, 4) is 0 Å². The van der Waals surface area contributed by atoms with E-state index in [-0.39, 0.29) is 65.9 Å². The van der Waals surface area contributed by atoms with Crippen LogP contribution in [-0.4, -0.2) is 89.1 Å². The standard InChI is InChI=1S/C20H36N2O10/c1-5-29-17(23)11-15(19(25)31-7-3)21-13-27-9-10-28-14-22-16(20(26)32-8-4)12-18(24)30-6-2/h15-16,21-22H,5-14H2,1-4H3. The Balaban J connectivity index is 4.21. The zero-order valence-corrected chi connectivity index (χ0v) is 19.3. The fourth-order valence-corrected chi connectivity index (χ4v) is 2.32. The molecule has 0 aromatic rings. The second-order valence-electron chi connectivity index (χ2n) is 6.14. The number of rotatable bonds is 19. The quantitative estimate of drug-likeness (QED) is 0.114. The Morgan fingerprint density at radius 2 is 0.938 bits per heavy atom. The molecule has 2 atom stereocenters. The van der Waals surface area contributed by atoms with Crippen molar-refractivity contribution in [1.29, 1.82) is 0 Å². The van der Waals surface area contributed by atoms with Crippen molar-refractivity contribution >= 4 is 23.9 Å². The van der Waals surface area contributed by atoms with Crippen LogP contribution in [0.5, 0.6) is 0 Å². The molecule has 0 spiro atoms. The van der Waals surface area contributed by atoms with Crippen LogP contribution in [0.1, 0.15) is 40.5 Å². The van der Waals surface area contributed by atoms with Gasteiger partial charge in [0, 0.05) is 0 Å². The first-order chi connectivity index (χ1) is 15.4. The first-order valence-electron chi connectivity index (χ1n) is 10.7. The summed E-state index contributed by atoms with van der Waals surface area (Å²) < 4.78 is 30.2. The summed E-state index contributed by atoms with van der Waals surface area (Å²) in [5.74, 6) is -2.19. The fourth-order valence-electron chi connectivity index (χ4n) is 2.32. The smallest absolute Gasteiger partial charge is 0.323 e. The first-order valence-corrected chi connectivity index (χ1v) is 10.7. The maximum absolute atomic E-state index is 11.9. The van der Waals surface area contributed by atoms with Crippen molar-refractivity contribution in [3.05, 3.63) is 0 Å². The molecule has 0 fully saturated rings. The van der Waals surface area contributed by atoms with E-state index in [0.29, 0.717) is 0 Å². The minimum atomic E-state index is -0.884. The number of carbonyl (C=O) groups is 4. The van der Waals surface area contributed by atoms with Crippen molar-refractivity contribution < 1.29 is 47.6 Å². The molecule has 12 nitrogen and oxygen atoms in total. The van der Waals surface area contributed by atoms with Gasteiger partial charge in [-0.05, 0) is 27.7 Å². The van der Waals surface area contributed by atoms with E-state index in [2.05, 4.69) is 10.6 Å². The molecule has 186 valence electrons. The Labute approximate surface area is 188 Å². The second-order valence-corrected chi connectivity index (χ2v) is 6.14. The SMILES string of the molecule is CCOC(=O)CC(NCOCCOCNC(CC(=O)OCC)C(=O)OCC)C(=O)OCC. The van der Waals surface area contributed by atoms with Crippen molar-refractivity contribution in [3.63, 3.8) is 0 Å². The molecule has 0 radical (unpaired) electrons. The van der Waals surface area contributed by atoms with E-state index in [1.165, 1.54) is 0 Å². The van der Waals surface area contributed by atoms with Gasteiger partial charge in [0.2, 0.25) is 0 Å². The summed E-state index contributed by atoms with van der Waals surface area (Å²) >= 11 is 0. The third-order valence-electron chi connectivity index (χ3n) is 3.73. The summed E-state index contributed by atoms with van der Waals surface area (Å²) in [6.07, 6.45) is -0.349. The number of hydrogen-bond acceptors (Lipinski definition) is 12. The summed E-state index contributed by atoms with van der Waals surface area (Å²) in [6, 6.07) is -1.77. The van der Waals surface area contributed by atoms with Crippen molar-refractivity contribution in [2.75, 3.05) is 53.1 Å². The molecule has 0 aliphatic rings. The zero-order chi connectivity index (χ0) is 24.2. The van der Waals surface area contributed by atoms with Gasteiger partial charge in [-0.15, -0.1) is 0 Å². The van der Waals surface area contributed by atoms with Gasteiger partial charge in [-0.3, -0.25) is 29.8 Å². The highest BCUT2D eigenvalue weighted by Gasteiger charge is 2.24. The third-order valence-corrected chi connectivity index (χ3v) is 3.73. The van der Waals surface area contributed by atoms with Crippen LogP contribution in [0.2, 0.25) is 0 Å². The van der Waals surface area contributed by atoms with Crippen LogP contribution in [0, 0.1) is 0 Å². The van der Waals surface area contributed by atoms with Crippen LogP contribution < -0.4 is 10.6 Å². The molecule has 0 bridgehead atoms. The largest absolute Gasteiger partial charge is 0.466 e. The first kappa shape index (κ1) is 29.7. The lowest BCUT2D eigenvalue weighted by atomic mass is 10.2. The summed E-state index contributed by atoms with van der Waals surface area (Å²) in [7, 11) is 0. The molecule has 0 amide bonds. The Bertz CT molecular complexity index is 510. The van der Waals surface area contributed by atoms with Gasteiger partial charge in [-0.1, -0.05) is 0 Å². The molecule has 0 aliphatic carbocycles. The van der Waals surface area contributed by atoms with E-state index in [9.17, 15) is 19.2 Å². The van der Waals surface area contributed by atoms with Gasteiger partial charge in [0.1, 0.15) is 12.1 Å². The molecule has 0 rings (SSSR count). The van der Waals surface area contributed by atoms with E-state index >= 15 is 0 Å². The molecule has 0 saturated heterocycles. The number of ether oxygens (including phenoxy) is 6. The lowest BCUT2D eigenvalue weighted by Gasteiger charge is -2.17. The van der Waals surface area contributed by atoms with Crippen molar-refractivity contribution in [2.24, 2.45) is 0 Å². The average Bonchev–Trinajstić information content (AvgIpc) is 2.74. The summed E-state index contributed by atoms with van der Waals surface area (Å²) in [5.41, 5.74) is 0. The number of esters is 4. The van der Waals surface area contributed by atoms with Gasteiger partial charge in [0.25, 0.3) is 0 Å². The van der Waals surface area contributed by atoms with Crippen LogP contribution in [0.15, 0.2) is 0 Å². The Kier molecular flexibility index (Phi) is 18.0. The molecular weight excluding hydrogens is 428 g/mol. The van der Waals surface area contributed by atoms with Crippen LogP contribution in [0.3, 0.4) is 0 Å². The highest BCUT2D eigenvalue weighted by atomic mass is 16.6. The van der Waals surface area contributed by atoms with E-state index in [4.69, 9.17) is 28.4 Å². The molecule has 32 heavy (non-hydrogen) atoms. The van der Waals surface area contributed by atoms with Gasteiger partial charge in [-0.2, -0.15) is 0 Å². The summed E-state index contributed by atoms with van der Waals surface area (Å²) in [4.78, 5) is 47.1. The molecule has 2 unspecified atom stereocenters.